The SMILES string of the molecule is C=C1C(C)=CC(c2ccccc2)=C(c2ncc(OC)cc2Cl)N1CC.CC. The number of likely N-dealkylation sites (N-methyl/N-ethyl adjacent to an activating group) is 1. The molecule has 0 fully saturated rings. The van der Waals surface area contributed by atoms with Crippen LogP contribution in [-0.4, -0.2) is 23.5 Å². The van der Waals surface area contributed by atoms with Gasteiger partial charge in [-0.15, -0.1) is 0 Å². The Labute approximate surface area is 167 Å². The molecule has 1 aliphatic heterocycles. The summed E-state index contributed by atoms with van der Waals surface area (Å²) in [6.45, 7) is 13.2. The van der Waals surface area contributed by atoms with E-state index in [-0.39, 0.29) is 0 Å². The monoisotopic (exact) mass is 382 g/mol. The largest absolute Gasteiger partial charge is 0.495 e. The number of halogens is 1. The molecule has 1 aromatic heterocycles. The molecule has 0 atom stereocenters. The first kappa shape index (κ1) is 20.8. The second-order valence-corrected chi connectivity index (χ2v) is 6.26. The molecule has 2 aromatic rings. The van der Waals surface area contributed by atoms with Gasteiger partial charge < -0.3 is 9.64 Å². The second-order valence-electron chi connectivity index (χ2n) is 5.85. The lowest BCUT2D eigenvalue weighted by Gasteiger charge is -2.34. The molecule has 0 aliphatic carbocycles. The molecule has 0 spiro atoms. The number of ether oxygens (including phenoxy) is 1. The molecular weight excluding hydrogens is 356 g/mol. The summed E-state index contributed by atoms with van der Waals surface area (Å²) in [6, 6.07) is 12.1. The van der Waals surface area contributed by atoms with Crippen LogP contribution in [-0.2, 0) is 0 Å². The van der Waals surface area contributed by atoms with E-state index in [9.17, 15) is 0 Å². The molecule has 0 saturated carbocycles. The zero-order valence-corrected chi connectivity index (χ0v) is 17.5. The minimum absolute atomic E-state index is 0.557. The number of nitrogens with zero attached hydrogens (tertiary/aromatic N) is 2. The first-order valence-electron chi connectivity index (χ1n) is 9.21. The lowest BCUT2D eigenvalue weighted by atomic mass is 9.93. The molecule has 0 amide bonds. The van der Waals surface area contributed by atoms with Gasteiger partial charge >= 0.3 is 0 Å². The predicted molar refractivity (Wildman–Crippen MR) is 116 cm³/mol. The summed E-state index contributed by atoms with van der Waals surface area (Å²) in [7, 11) is 1.61. The number of hydrogen-bond acceptors (Lipinski definition) is 3. The van der Waals surface area contributed by atoms with Crippen molar-refractivity contribution in [1.29, 1.82) is 0 Å². The Kier molecular flexibility index (Phi) is 7.26. The van der Waals surface area contributed by atoms with Gasteiger partial charge in [-0.2, -0.15) is 0 Å². The van der Waals surface area contributed by atoms with Gasteiger partial charge in [0.1, 0.15) is 11.4 Å². The lowest BCUT2D eigenvalue weighted by Crippen LogP contribution is -2.25. The highest BCUT2D eigenvalue weighted by Gasteiger charge is 2.26. The van der Waals surface area contributed by atoms with E-state index in [0.717, 1.165) is 40.3 Å². The zero-order valence-electron chi connectivity index (χ0n) is 16.7. The number of aromatic nitrogens is 1. The Hall–Kier alpha value is -2.52. The number of benzene rings is 1. The van der Waals surface area contributed by atoms with Gasteiger partial charge in [-0.05, 0) is 31.1 Å². The summed E-state index contributed by atoms with van der Waals surface area (Å²) in [4.78, 5) is 6.74. The molecule has 0 saturated heterocycles. The predicted octanol–water partition coefficient (Wildman–Crippen LogP) is 6.43. The molecule has 1 aromatic carbocycles. The van der Waals surface area contributed by atoms with E-state index in [1.807, 2.05) is 32.0 Å². The third kappa shape index (κ3) is 4.25. The van der Waals surface area contributed by atoms with Gasteiger partial charge in [-0.25, -0.2) is 4.98 Å². The van der Waals surface area contributed by atoms with Gasteiger partial charge in [-0.3, -0.25) is 0 Å². The average Bonchev–Trinajstić information content (AvgIpc) is 2.72. The van der Waals surface area contributed by atoms with Crippen molar-refractivity contribution in [2.24, 2.45) is 0 Å². The molecular formula is C23H27ClN2O. The number of methoxy groups -OCH3 is 1. The van der Waals surface area contributed by atoms with Crippen molar-refractivity contribution in [3.8, 4) is 5.75 Å². The lowest BCUT2D eigenvalue weighted by molar-refractivity contribution is 0.412. The smallest absolute Gasteiger partial charge is 0.138 e. The van der Waals surface area contributed by atoms with Gasteiger partial charge in [0.15, 0.2) is 0 Å². The van der Waals surface area contributed by atoms with Gasteiger partial charge in [0.2, 0.25) is 0 Å². The number of pyridine rings is 1. The van der Waals surface area contributed by atoms with Crippen LogP contribution in [0.15, 0.2) is 66.5 Å². The van der Waals surface area contributed by atoms with E-state index < -0.39 is 0 Å². The minimum atomic E-state index is 0.557. The van der Waals surface area contributed by atoms with E-state index in [2.05, 4.69) is 48.5 Å². The Morgan fingerprint density at radius 1 is 1.19 bits per heavy atom. The molecule has 0 radical (unpaired) electrons. The molecule has 3 nitrogen and oxygen atoms in total. The summed E-state index contributed by atoms with van der Waals surface area (Å²) in [5.41, 5.74) is 6.01. The van der Waals surface area contributed by atoms with Crippen LogP contribution < -0.4 is 4.74 Å². The normalized spacial score (nSPS) is 13.8. The van der Waals surface area contributed by atoms with Crippen molar-refractivity contribution < 1.29 is 4.74 Å². The molecule has 4 heteroatoms. The van der Waals surface area contributed by atoms with Crippen molar-refractivity contribution in [3.05, 3.63) is 82.8 Å². The number of allylic oxidation sites excluding steroid dienone is 3. The van der Waals surface area contributed by atoms with E-state index in [1.165, 1.54) is 0 Å². The maximum atomic E-state index is 6.55. The molecule has 1 aliphatic rings. The first-order valence-corrected chi connectivity index (χ1v) is 9.59. The summed E-state index contributed by atoms with van der Waals surface area (Å²) in [5.74, 6) is 0.639. The fourth-order valence-corrected chi connectivity index (χ4v) is 3.26. The van der Waals surface area contributed by atoms with Crippen LogP contribution in [0.25, 0.3) is 11.3 Å². The third-order valence-electron chi connectivity index (χ3n) is 4.34. The van der Waals surface area contributed by atoms with Crippen LogP contribution in [0.1, 0.15) is 39.0 Å². The quantitative estimate of drug-likeness (QED) is 0.608. The highest BCUT2D eigenvalue weighted by atomic mass is 35.5. The minimum Gasteiger partial charge on any atom is -0.495 e. The van der Waals surface area contributed by atoms with E-state index in [1.54, 1.807) is 19.4 Å². The fraction of sp³-hybridized carbons (Fsp3) is 0.261. The first-order chi connectivity index (χ1) is 13.1. The average molecular weight is 383 g/mol. The third-order valence-corrected chi connectivity index (χ3v) is 4.63. The van der Waals surface area contributed by atoms with Crippen molar-refractivity contribution in [3.63, 3.8) is 0 Å². The van der Waals surface area contributed by atoms with Gasteiger partial charge in [0, 0.05) is 23.9 Å². The van der Waals surface area contributed by atoms with Gasteiger partial charge in [-0.1, -0.05) is 62.4 Å². The van der Waals surface area contributed by atoms with Crippen LogP contribution in [0.3, 0.4) is 0 Å². The van der Waals surface area contributed by atoms with Crippen LogP contribution in [0, 0.1) is 0 Å². The molecule has 0 bridgehead atoms. The Morgan fingerprint density at radius 2 is 1.85 bits per heavy atom. The van der Waals surface area contributed by atoms with Crippen molar-refractivity contribution in [2.45, 2.75) is 27.7 Å². The van der Waals surface area contributed by atoms with E-state index >= 15 is 0 Å². The topological polar surface area (TPSA) is 25.4 Å². The van der Waals surface area contributed by atoms with Crippen LogP contribution in [0.5, 0.6) is 5.75 Å². The van der Waals surface area contributed by atoms with Crippen molar-refractivity contribution in [2.75, 3.05) is 13.7 Å². The number of hydrogen-bond donors (Lipinski definition) is 0. The summed E-state index contributed by atoms with van der Waals surface area (Å²) in [6.07, 6.45) is 3.85. The highest BCUT2D eigenvalue weighted by Crippen LogP contribution is 2.40. The molecule has 142 valence electrons. The van der Waals surface area contributed by atoms with Crippen LogP contribution >= 0.6 is 11.6 Å². The molecule has 27 heavy (non-hydrogen) atoms. The summed E-state index contributed by atoms with van der Waals surface area (Å²) < 4.78 is 5.23. The Bertz CT molecular complexity index is 869. The Balaban J connectivity index is 0.00000126. The molecule has 0 unspecified atom stereocenters. The highest BCUT2D eigenvalue weighted by molar-refractivity contribution is 6.32. The fourth-order valence-electron chi connectivity index (χ4n) is 3.01. The van der Waals surface area contributed by atoms with E-state index in [0.29, 0.717) is 10.8 Å². The molecule has 3 rings (SSSR count). The summed E-state index contributed by atoms with van der Waals surface area (Å²) in [5, 5.41) is 0.557. The van der Waals surface area contributed by atoms with Gasteiger partial charge in [0.05, 0.1) is 24.0 Å². The Morgan fingerprint density at radius 3 is 2.41 bits per heavy atom. The van der Waals surface area contributed by atoms with Crippen molar-refractivity contribution >= 4 is 22.9 Å². The molecule has 0 N–H and O–H groups in total. The van der Waals surface area contributed by atoms with E-state index in [4.69, 9.17) is 16.3 Å². The maximum Gasteiger partial charge on any atom is 0.138 e. The van der Waals surface area contributed by atoms with Gasteiger partial charge in [0.25, 0.3) is 0 Å². The maximum absolute atomic E-state index is 6.55. The van der Waals surface area contributed by atoms with Crippen LogP contribution in [0.4, 0.5) is 0 Å². The standard InChI is InChI=1S/C21H21ClN2O.C2H6/c1-5-24-15(3)14(2)11-18(16-9-7-6-8-10-16)21(24)20-19(22)12-17(25-4)13-23-20;1-2/h6-13H,3,5H2,1-2,4H3;1-2H3. The summed E-state index contributed by atoms with van der Waals surface area (Å²) >= 11 is 6.55. The number of rotatable bonds is 4. The second kappa shape index (κ2) is 9.43. The van der Waals surface area contributed by atoms with Crippen LogP contribution in [0.2, 0.25) is 5.02 Å². The van der Waals surface area contributed by atoms with Crippen molar-refractivity contribution in [1.82, 2.24) is 9.88 Å². The zero-order chi connectivity index (χ0) is 20.0. The molecule has 2 heterocycles.